The largest absolute Gasteiger partial charge is 0.416 e. The molecule has 128 valence electrons. The summed E-state index contributed by atoms with van der Waals surface area (Å²) >= 11 is 5.86. The first-order chi connectivity index (χ1) is 10.8. The van der Waals surface area contributed by atoms with Gasteiger partial charge in [-0.25, -0.2) is 4.79 Å². The molecule has 2 amide bonds. The van der Waals surface area contributed by atoms with Crippen LogP contribution in [0.1, 0.15) is 44.6 Å². The Bertz CT molecular complexity index is 555. The molecule has 1 aliphatic carbocycles. The molecule has 0 radical (unpaired) electrons. The van der Waals surface area contributed by atoms with E-state index in [9.17, 15) is 18.0 Å². The molecule has 2 N–H and O–H groups in total. The summed E-state index contributed by atoms with van der Waals surface area (Å²) in [5.74, 6) is 0.703. The van der Waals surface area contributed by atoms with Crippen LogP contribution in [0.2, 0.25) is 5.02 Å². The maximum absolute atomic E-state index is 12.7. The molecule has 1 saturated carbocycles. The van der Waals surface area contributed by atoms with Crippen molar-refractivity contribution in [2.75, 3.05) is 5.32 Å². The third kappa shape index (κ3) is 5.03. The molecule has 1 fully saturated rings. The fourth-order valence-corrected chi connectivity index (χ4v) is 3.02. The Hall–Kier alpha value is -1.43. The van der Waals surface area contributed by atoms with Gasteiger partial charge in [-0.2, -0.15) is 13.2 Å². The lowest BCUT2D eigenvalue weighted by Crippen LogP contribution is -2.40. The van der Waals surface area contributed by atoms with Crippen LogP contribution in [-0.4, -0.2) is 12.1 Å². The molecular weight excluding hydrogens is 329 g/mol. The van der Waals surface area contributed by atoms with E-state index in [1.807, 2.05) is 0 Å². The second-order valence-electron chi connectivity index (χ2n) is 5.92. The molecule has 0 aliphatic heterocycles. The van der Waals surface area contributed by atoms with E-state index in [0.29, 0.717) is 5.92 Å². The van der Waals surface area contributed by atoms with Crippen molar-refractivity contribution in [2.24, 2.45) is 5.92 Å². The van der Waals surface area contributed by atoms with Crippen LogP contribution >= 0.6 is 11.6 Å². The molecule has 2 rings (SSSR count). The molecule has 0 heterocycles. The zero-order chi connectivity index (χ0) is 17.0. The van der Waals surface area contributed by atoms with Crippen molar-refractivity contribution in [3.05, 3.63) is 28.8 Å². The predicted octanol–water partition coefficient (Wildman–Crippen LogP) is 5.45. The van der Waals surface area contributed by atoms with Crippen molar-refractivity contribution in [2.45, 2.75) is 51.2 Å². The molecular formula is C16H20ClF3N2O. The van der Waals surface area contributed by atoms with Crippen LogP contribution in [0.15, 0.2) is 18.2 Å². The minimum absolute atomic E-state index is 0.0405. The van der Waals surface area contributed by atoms with Gasteiger partial charge in [0.15, 0.2) is 0 Å². The first-order valence-corrected chi connectivity index (χ1v) is 8.11. The summed E-state index contributed by atoms with van der Waals surface area (Å²) in [4.78, 5) is 12.0. The van der Waals surface area contributed by atoms with Crippen LogP contribution in [0, 0.1) is 5.92 Å². The van der Waals surface area contributed by atoms with Gasteiger partial charge in [0.05, 0.1) is 16.3 Å². The van der Waals surface area contributed by atoms with Crippen LogP contribution in [0.4, 0.5) is 23.7 Å². The molecule has 0 saturated heterocycles. The lowest BCUT2D eigenvalue weighted by molar-refractivity contribution is -0.137. The fourth-order valence-electron chi connectivity index (χ4n) is 2.86. The van der Waals surface area contributed by atoms with Crippen molar-refractivity contribution in [1.29, 1.82) is 0 Å². The maximum Gasteiger partial charge on any atom is 0.416 e. The van der Waals surface area contributed by atoms with Crippen molar-refractivity contribution in [3.8, 4) is 0 Å². The molecule has 0 atom stereocenters. The molecule has 0 bridgehead atoms. The molecule has 0 aromatic heterocycles. The zero-order valence-corrected chi connectivity index (χ0v) is 13.6. The van der Waals surface area contributed by atoms with E-state index in [0.717, 1.165) is 50.3 Å². The number of hydrogen-bond donors (Lipinski definition) is 2. The molecule has 23 heavy (non-hydrogen) atoms. The average Bonchev–Trinajstić information content (AvgIpc) is 2.49. The highest BCUT2D eigenvalue weighted by molar-refractivity contribution is 6.33. The molecule has 7 heteroatoms. The minimum atomic E-state index is -4.48. The molecule has 1 aromatic rings. The summed E-state index contributed by atoms with van der Waals surface area (Å²) in [6.45, 7) is 2.15. The van der Waals surface area contributed by atoms with Crippen molar-refractivity contribution in [1.82, 2.24) is 5.32 Å². The van der Waals surface area contributed by atoms with Gasteiger partial charge >= 0.3 is 12.2 Å². The van der Waals surface area contributed by atoms with E-state index in [4.69, 9.17) is 11.6 Å². The third-order valence-corrected chi connectivity index (χ3v) is 4.63. The fraction of sp³-hybridized carbons (Fsp3) is 0.562. The Morgan fingerprint density at radius 3 is 2.48 bits per heavy atom. The van der Waals surface area contributed by atoms with Crippen LogP contribution in [0.3, 0.4) is 0 Å². The number of nitrogens with one attached hydrogen (secondary N) is 2. The van der Waals surface area contributed by atoms with Gasteiger partial charge < -0.3 is 10.6 Å². The van der Waals surface area contributed by atoms with Gasteiger partial charge in [0.1, 0.15) is 0 Å². The molecule has 1 aromatic carbocycles. The highest BCUT2D eigenvalue weighted by atomic mass is 35.5. The van der Waals surface area contributed by atoms with Crippen LogP contribution in [0.25, 0.3) is 0 Å². The predicted molar refractivity (Wildman–Crippen MR) is 84.6 cm³/mol. The Morgan fingerprint density at radius 1 is 1.26 bits per heavy atom. The van der Waals surface area contributed by atoms with Crippen molar-refractivity contribution < 1.29 is 18.0 Å². The number of anilines is 1. The zero-order valence-electron chi connectivity index (χ0n) is 12.8. The van der Waals surface area contributed by atoms with Crippen LogP contribution in [-0.2, 0) is 6.18 Å². The minimum Gasteiger partial charge on any atom is -0.335 e. The molecule has 1 aliphatic rings. The highest BCUT2D eigenvalue weighted by Gasteiger charge is 2.31. The number of rotatable bonds is 3. The Balaban J connectivity index is 1.95. The standard InChI is InChI=1S/C16H20ClF3N2O/c1-2-10-3-6-12(7-4-10)21-15(23)22-14-9-11(16(18,19)20)5-8-13(14)17/h5,8-10,12H,2-4,6-7H2,1H3,(H2,21,22,23). The lowest BCUT2D eigenvalue weighted by atomic mass is 9.85. The molecule has 0 unspecified atom stereocenters. The number of benzene rings is 1. The summed E-state index contributed by atoms with van der Waals surface area (Å²) < 4.78 is 38.1. The first-order valence-electron chi connectivity index (χ1n) is 7.74. The van der Waals surface area contributed by atoms with Crippen molar-refractivity contribution >= 4 is 23.3 Å². The Labute approximate surface area is 138 Å². The topological polar surface area (TPSA) is 41.1 Å². The number of halogens is 4. The molecule has 0 spiro atoms. The van der Waals surface area contributed by atoms with E-state index in [-0.39, 0.29) is 16.8 Å². The van der Waals surface area contributed by atoms with Gasteiger partial charge in [0, 0.05) is 6.04 Å². The summed E-state index contributed by atoms with van der Waals surface area (Å²) in [5, 5.41) is 5.29. The highest BCUT2D eigenvalue weighted by Crippen LogP contribution is 2.34. The van der Waals surface area contributed by atoms with Gasteiger partial charge in [-0.1, -0.05) is 24.9 Å². The molecule has 3 nitrogen and oxygen atoms in total. The van der Waals surface area contributed by atoms with E-state index in [1.54, 1.807) is 0 Å². The van der Waals surface area contributed by atoms with E-state index < -0.39 is 17.8 Å². The van der Waals surface area contributed by atoms with Gasteiger partial charge in [0.25, 0.3) is 0 Å². The van der Waals surface area contributed by atoms with Crippen LogP contribution < -0.4 is 10.6 Å². The van der Waals surface area contributed by atoms with Crippen LogP contribution in [0.5, 0.6) is 0 Å². The van der Waals surface area contributed by atoms with E-state index in [2.05, 4.69) is 17.6 Å². The normalized spacial score (nSPS) is 21.8. The van der Waals surface area contributed by atoms with E-state index in [1.165, 1.54) is 0 Å². The first kappa shape index (κ1) is 17.9. The summed E-state index contributed by atoms with van der Waals surface area (Å²) in [6, 6.07) is 2.40. The monoisotopic (exact) mass is 348 g/mol. The Morgan fingerprint density at radius 2 is 1.91 bits per heavy atom. The smallest absolute Gasteiger partial charge is 0.335 e. The third-order valence-electron chi connectivity index (χ3n) is 4.30. The number of urea groups is 1. The van der Waals surface area contributed by atoms with Gasteiger partial charge in [-0.05, 0) is 49.8 Å². The number of amides is 2. The number of hydrogen-bond acceptors (Lipinski definition) is 1. The van der Waals surface area contributed by atoms with Gasteiger partial charge in [0.2, 0.25) is 0 Å². The number of carbonyl (C=O) groups is 1. The Kier molecular flexibility index (Phi) is 5.79. The summed E-state index contributed by atoms with van der Waals surface area (Å²) in [6.07, 6.45) is 0.566. The second kappa shape index (κ2) is 7.43. The quantitative estimate of drug-likeness (QED) is 0.749. The van der Waals surface area contributed by atoms with Gasteiger partial charge in [-0.15, -0.1) is 0 Å². The van der Waals surface area contributed by atoms with Gasteiger partial charge in [-0.3, -0.25) is 0 Å². The SMILES string of the molecule is CCC1CCC(NC(=O)Nc2cc(C(F)(F)F)ccc2Cl)CC1. The average molecular weight is 349 g/mol. The van der Waals surface area contributed by atoms with Crippen molar-refractivity contribution in [3.63, 3.8) is 0 Å². The number of alkyl halides is 3. The number of carbonyl (C=O) groups excluding carboxylic acids is 1. The lowest BCUT2D eigenvalue weighted by Gasteiger charge is -2.28. The maximum atomic E-state index is 12.7. The summed E-state index contributed by atoms with van der Waals surface area (Å²) in [5.41, 5.74) is -0.887. The van der Waals surface area contributed by atoms with E-state index >= 15 is 0 Å². The summed E-state index contributed by atoms with van der Waals surface area (Å²) in [7, 11) is 0. The second-order valence-corrected chi connectivity index (χ2v) is 6.32.